The first-order valence-electron chi connectivity index (χ1n) is 3.22. The lowest BCUT2D eigenvalue weighted by Crippen LogP contribution is -2.29. The Morgan fingerprint density at radius 1 is 1.64 bits per heavy atom. The Labute approximate surface area is 62.9 Å². The minimum Gasteiger partial charge on any atom is -0.462 e. The van der Waals surface area contributed by atoms with Crippen molar-refractivity contribution in [3.63, 3.8) is 0 Å². The summed E-state index contributed by atoms with van der Waals surface area (Å²) >= 11 is 0. The molecule has 1 saturated heterocycles. The fourth-order valence-electron chi connectivity index (χ4n) is 0.849. The molecule has 0 spiro atoms. The van der Waals surface area contributed by atoms with E-state index in [0.29, 0.717) is 6.42 Å². The number of hydrogen-bond acceptors (Lipinski definition) is 4. The highest BCUT2D eigenvalue weighted by Gasteiger charge is 2.23. The Hall–Kier alpha value is -1.26. The second-order valence-electron chi connectivity index (χ2n) is 2.21. The molecule has 0 N–H and O–H groups in total. The van der Waals surface area contributed by atoms with Gasteiger partial charge in [-0.25, -0.2) is 0 Å². The Morgan fingerprint density at radius 3 is 2.82 bits per heavy atom. The van der Waals surface area contributed by atoms with Crippen LogP contribution in [0, 0.1) is 0 Å². The molecular formula is C6H7O5. The van der Waals surface area contributed by atoms with Gasteiger partial charge >= 0.3 is 12.1 Å². The maximum atomic E-state index is 10.5. The van der Waals surface area contributed by atoms with Crippen molar-refractivity contribution in [2.24, 2.45) is 0 Å². The number of rotatable bonds is 1. The van der Waals surface area contributed by atoms with Crippen LogP contribution in [0.4, 0.5) is 4.79 Å². The first-order valence-corrected chi connectivity index (χ1v) is 3.22. The summed E-state index contributed by atoms with van der Waals surface area (Å²) in [5, 5.41) is 9.88. The van der Waals surface area contributed by atoms with Crippen LogP contribution in [0.25, 0.3) is 0 Å². The third-order valence-corrected chi connectivity index (χ3v) is 1.36. The summed E-state index contributed by atoms with van der Waals surface area (Å²) in [7, 11) is 0. The average Bonchev–Trinajstić information content (AvgIpc) is 1.93. The molecule has 1 aliphatic heterocycles. The standard InChI is InChI=1S/C6H7O5/c7-5-2-1-4(3-10-5)11-6(8)9/h4H,1-3H2. The molecule has 61 valence electrons. The third-order valence-electron chi connectivity index (χ3n) is 1.36. The van der Waals surface area contributed by atoms with Crippen LogP contribution < -0.4 is 0 Å². The Kier molecular flexibility index (Phi) is 2.30. The lowest BCUT2D eigenvalue weighted by molar-refractivity contribution is -0.153. The summed E-state index contributed by atoms with van der Waals surface area (Å²) in [6, 6.07) is 0. The van der Waals surface area contributed by atoms with E-state index in [1.54, 1.807) is 0 Å². The normalized spacial score (nSPS) is 24.0. The molecule has 0 saturated carbocycles. The van der Waals surface area contributed by atoms with Gasteiger partial charge < -0.3 is 9.47 Å². The Bertz CT molecular complexity index is 166. The summed E-state index contributed by atoms with van der Waals surface area (Å²) in [4.78, 5) is 20.3. The molecule has 1 rings (SSSR count). The van der Waals surface area contributed by atoms with Crippen molar-refractivity contribution < 1.29 is 24.2 Å². The summed E-state index contributed by atoms with van der Waals surface area (Å²) < 4.78 is 8.80. The van der Waals surface area contributed by atoms with Crippen molar-refractivity contribution in [3.8, 4) is 0 Å². The molecule has 11 heavy (non-hydrogen) atoms. The maximum Gasteiger partial charge on any atom is 0.550 e. The molecule has 0 aromatic carbocycles. The number of hydrogen-bond donors (Lipinski definition) is 0. The molecule has 0 aromatic rings. The van der Waals surface area contributed by atoms with Crippen molar-refractivity contribution in [3.05, 3.63) is 0 Å². The highest BCUT2D eigenvalue weighted by atomic mass is 16.7. The van der Waals surface area contributed by atoms with E-state index >= 15 is 0 Å². The summed E-state index contributed by atoms with van der Waals surface area (Å²) in [5.41, 5.74) is 0. The van der Waals surface area contributed by atoms with Crippen molar-refractivity contribution >= 4 is 12.1 Å². The van der Waals surface area contributed by atoms with Crippen LogP contribution >= 0.6 is 0 Å². The van der Waals surface area contributed by atoms with Crippen LogP contribution in [0.15, 0.2) is 0 Å². The van der Waals surface area contributed by atoms with Gasteiger partial charge in [-0.15, -0.1) is 0 Å². The van der Waals surface area contributed by atoms with E-state index in [0.717, 1.165) is 0 Å². The molecule has 1 unspecified atom stereocenters. The van der Waals surface area contributed by atoms with Crippen molar-refractivity contribution in [1.29, 1.82) is 0 Å². The molecule has 5 nitrogen and oxygen atoms in total. The van der Waals surface area contributed by atoms with Gasteiger partial charge in [0.15, 0.2) is 0 Å². The zero-order valence-electron chi connectivity index (χ0n) is 5.74. The number of esters is 1. The number of carbonyl (C=O) groups excluding carboxylic acids is 2. The first kappa shape index (κ1) is 7.84. The predicted octanol–water partition coefficient (Wildman–Crippen LogP) is 0.259. The van der Waals surface area contributed by atoms with Gasteiger partial charge in [0.05, 0.1) is 0 Å². The minimum absolute atomic E-state index is 0.00676. The fourth-order valence-corrected chi connectivity index (χ4v) is 0.849. The monoisotopic (exact) mass is 159 g/mol. The Balaban J connectivity index is 2.28. The highest BCUT2D eigenvalue weighted by Crippen LogP contribution is 2.10. The number of carbonyl (C=O) groups is 2. The molecule has 1 fully saturated rings. The molecular weight excluding hydrogens is 152 g/mol. The zero-order chi connectivity index (χ0) is 8.27. The average molecular weight is 159 g/mol. The number of ether oxygens (including phenoxy) is 2. The SMILES string of the molecule is [O]C(=O)OC1CCC(=O)OC1. The molecule has 0 amide bonds. The first-order chi connectivity index (χ1) is 5.18. The molecule has 0 aromatic heterocycles. The maximum absolute atomic E-state index is 10.5. The van der Waals surface area contributed by atoms with Gasteiger partial charge in [0.1, 0.15) is 12.7 Å². The fraction of sp³-hybridized carbons (Fsp3) is 0.667. The van der Waals surface area contributed by atoms with E-state index in [9.17, 15) is 14.7 Å². The van der Waals surface area contributed by atoms with Gasteiger partial charge in [-0.05, 0) is 6.42 Å². The quantitative estimate of drug-likeness (QED) is 0.514. The van der Waals surface area contributed by atoms with Crippen LogP contribution in [0.1, 0.15) is 12.8 Å². The van der Waals surface area contributed by atoms with Gasteiger partial charge in [-0.2, -0.15) is 9.90 Å². The lowest BCUT2D eigenvalue weighted by atomic mass is 10.2. The van der Waals surface area contributed by atoms with E-state index < -0.39 is 12.3 Å². The number of cyclic esters (lactones) is 1. The van der Waals surface area contributed by atoms with Gasteiger partial charge in [0, 0.05) is 6.42 Å². The van der Waals surface area contributed by atoms with E-state index in [4.69, 9.17) is 0 Å². The molecule has 1 heterocycles. The van der Waals surface area contributed by atoms with Gasteiger partial charge in [0.25, 0.3) is 0 Å². The van der Waals surface area contributed by atoms with Crippen LogP contribution in [-0.4, -0.2) is 24.8 Å². The summed E-state index contributed by atoms with van der Waals surface area (Å²) in [6.07, 6.45) is -1.53. The van der Waals surface area contributed by atoms with Gasteiger partial charge in [-0.3, -0.25) is 4.79 Å². The molecule has 0 aliphatic carbocycles. The Morgan fingerprint density at radius 2 is 2.36 bits per heavy atom. The summed E-state index contributed by atoms with van der Waals surface area (Å²) in [6.45, 7) is 0.00676. The van der Waals surface area contributed by atoms with Crippen molar-refractivity contribution in [1.82, 2.24) is 0 Å². The molecule has 1 atom stereocenters. The smallest absolute Gasteiger partial charge is 0.462 e. The van der Waals surface area contributed by atoms with Crippen LogP contribution in [0.3, 0.4) is 0 Å². The third kappa shape index (κ3) is 2.45. The largest absolute Gasteiger partial charge is 0.550 e. The lowest BCUT2D eigenvalue weighted by Gasteiger charge is -2.19. The van der Waals surface area contributed by atoms with Crippen molar-refractivity contribution in [2.45, 2.75) is 18.9 Å². The minimum atomic E-state index is -1.58. The van der Waals surface area contributed by atoms with Gasteiger partial charge in [-0.1, -0.05) is 0 Å². The molecule has 1 aliphatic rings. The van der Waals surface area contributed by atoms with E-state index in [-0.39, 0.29) is 19.0 Å². The zero-order valence-corrected chi connectivity index (χ0v) is 5.74. The van der Waals surface area contributed by atoms with Crippen LogP contribution in [-0.2, 0) is 19.4 Å². The molecule has 5 heteroatoms. The predicted molar refractivity (Wildman–Crippen MR) is 31.1 cm³/mol. The second-order valence-corrected chi connectivity index (χ2v) is 2.21. The van der Waals surface area contributed by atoms with E-state index in [2.05, 4.69) is 9.47 Å². The molecule has 1 radical (unpaired) electrons. The van der Waals surface area contributed by atoms with Crippen molar-refractivity contribution in [2.75, 3.05) is 6.61 Å². The summed E-state index contributed by atoms with van der Waals surface area (Å²) in [5.74, 6) is -0.316. The topological polar surface area (TPSA) is 72.5 Å². The highest BCUT2D eigenvalue weighted by molar-refractivity contribution is 5.70. The van der Waals surface area contributed by atoms with Crippen LogP contribution in [0.2, 0.25) is 0 Å². The van der Waals surface area contributed by atoms with E-state index in [1.807, 2.05) is 0 Å². The van der Waals surface area contributed by atoms with Crippen LogP contribution in [0.5, 0.6) is 0 Å². The van der Waals surface area contributed by atoms with Gasteiger partial charge in [0.2, 0.25) is 0 Å². The van der Waals surface area contributed by atoms with E-state index in [1.165, 1.54) is 0 Å². The second kappa shape index (κ2) is 3.23. The molecule has 0 bridgehead atoms.